The molecule has 1 fully saturated rings. The summed E-state index contributed by atoms with van der Waals surface area (Å²) in [5, 5.41) is 0. The fourth-order valence-corrected chi connectivity index (χ4v) is 4.04. The maximum atomic E-state index is 6.50. The van der Waals surface area contributed by atoms with Crippen LogP contribution in [0.4, 0.5) is 0 Å². The first-order valence-electron chi connectivity index (χ1n) is 7.81. The van der Waals surface area contributed by atoms with E-state index in [4.69, 9.17) is 15.2 Å². The average molecular weight is 275 g/mol. The molecule has 2 unspecified atom stereocenters. The Kier molecular flexibility index (Phi) is 3.63. The summed E-state index contributed by atoms with van der Waals surface area (Å²) in [6.45, 7) is 2.27. The zero-order valence-electron chi connectivity index (χ0n) is 12.5. The number of rotatable bonds is 2. The second-order valence-corrected chi connectivity index (χ2v) is 6.23. The third-order valence-electron chi connectivity index (χ3n) is 5.13. The molecule has 2 aliphatic rings. The van der Waals surface area contributed by atoms with Crippen LogP contribution in [-0.4, -0.2) is 12.7 Å². The third-order valence-corrected chi connectivity index (χ3v) is 5.13. The molecule has 2 N–H and O–H groups in total. The van der Waals surface area contributed by atoms with Crippen molar-refractivity contribution in [1.82, 2.24) is 0 Å². The molecule has 3 rings (SSSR count). The lowest BCUT2D eigenvalue weighted by molar-refractivity contribution is -0.0490. The first-order chi connectivity index (χ1) is 9.68. The Morgan fingerprint density at radius 2 is 2.25 bits per heavy atom. The monoisotopic (exact) mass is 275 g/mol. The van der Waals surface area contributed by atoms with Crippen LogP contribution in [0.3, 0.4) is 0 Å². The smallest absolute Gasteiger partial charge is 0.125 e. The molecule has 1 aliphatic heterocycles. The van der Waals surface area contributed by atoms with Crippen LogP contribution in [0.25, 0.3) is 0 Å². The van der Waals surface area contributed by atoms with Crippen LogP contribution in [0, 0.1) is 5.92 Å². The van der Waals surface area contributed by atoms with E-state index in [-0.39, 0.29) is 11.6 Å². The minimum absolute atomic E-state index is 0.0337. The van der Waals surface area contributed by atoms with E-state index in [1.807, 2.05) is 18.2 Å². The van der Waals surface area contributed by atoms with Gasteiger partial charge in [0.05, 0.1) is 7.11 Å². The molecule has 110 valence electrons. The van der Waals surface area contributed by atoms with Crippen LogP contribution in [0.1, 0.15) is 57.1 Å². The Bertz CT molecular complexity index is 488. The van der Waals surface area contributed by atoms with E-state index in [0.29, 0.717) is 5.92 Å². The van der Waals surface area contributed by atoms with Gasteiger partial charge in [-0.1, -0.05) is 13.3 Å². The van der Waals surface area contributed by atoms with Crippen LogP contribution < -0.4 is 15.2 Å². The Morgan fingerprint density at radius 3 is 3.00 bits per heavy atom. The van der Waals surface area contributed by atoms with Crippen molar-refractivity contribution in [2.45, 2.75) is 57.1 Å². The zero-order chi connectivity index (χ0) is 14.2. The van der Waals surface area contributed by atoms with Crippen molar-refractivity contribution in [2.24, 2.45) is 11.7 Å². The zero-order valence-corrected chi connectivity index (χ0v) is 12.5. The molecular weight excluding hydrogens is 250 g/mol. The van der Waals surface area contributed by atoms with Crippen LogP contribution >= 0.6 is 0 Å². The molecule has 20 heavy (non-hydrogen) atoms. The lowest BCUT2D eigenvalue weighted by Gasteiger charge is -2.48. The first-order valence-corrected chi connectivity index (χ1v) is 7.81. The van der Waals surface area contributed by atoms with Crippen molar-refractivity contribution in [3.63, 3.8) is 0 Å². The predicted octanol–water partition coefficient (Wildman–Crippen LogP) is 3.82. The molecule has 0 bridgehead atoms. The van der Waals surface area contributed by atoms with Crippen molar-refractivity contribution < 1.29 is 9.47 Å². The summed E-state index contributed by atoms with van der Waals surface area (Å²) in [6, 6.07) is 6.07. The second-order valence-electron chi connectivity index (χ2n) is 6.23. The molecule has 1 heterocycles. The van der Waals surface area contributed by atoms with E-state index >= 15 is 0 Å². The normalized spacial score (nSPS) is 32.5. The molecule has 3 nitrogen and oxygen atoms in total. The average Bonchev–Trinajstić information content (AvgIpc) is 2.47. The molecular formula is C17H25NO2. The highest BCUT2D eigenvalue weighted by molar-refractivity contribution is 5.44. The van der Waals surface area contributed by atoms with Gasteiger partial charge in [-0.3, -0.25) is 0 Å². The van der Waals surface area contributed by atoms with E-state index in [1.54, 1.807) is 7.11 Å². The molecule has 0 aromatic heterocycles. The first kappa shape index (κ1) is 13.7. The number of ether oxygens (including phenoxy) is 2. The lowest BCUT2D eigenvalue weighted by Crippen LogP contribution is -2.50. The Balaban J connectivity index is 1.95. The van der Waals surface area contributed by atoms with Crippen LogP contribution in [0.2, 0.25) is 0 Å². The standard InChI is InChI=1S/C17H25NO2/c1-3-12-6-4-5-9-17(12)11-15(18)14-10-13(19-2)7-8-16(14)20-17/h7-8,10,12,15H,3-6,9,11,18H2,1-2H3/t12?,15-,17?/m0/s1. The summed E-state index contributed by atoms with van der Waals surface area (Å²) in [5.74, 6) is 2.46. The van der Waals surface area contributed by atoms with E-state index in [2.05, 4.69) is 6.92 Å². The van der Waals surface area contributed by atoms with Gasteiger partial charge in [-0.2, -0.15) is 0 Å². The van der Waals surface area contributed by atoms with Gasteiger partial charge in [0, 0.05) is 18.0 Å². The van der Waals surface area contributed by atoms with Gasteiger partial charge in [-0.15, -0.1) is 0 Å². The van der Waals surface area contributed by atoms with Gasteiger partial charge < -0.3 is 15.2 Å². The van der Waals surface area contributed by atoms with Gasteiger partial charge >= 0.3 is 0 Å². The Morgan fingerprint density at radius 1 is 1.40 bits per heavy atom. The third kappa shape index (κ3) is 2.18. The maximum absolute atomic E-state index is 6.50. The summed E-state index contributed by atoms with van der Waals surface area (Å²) < 4.78 is 11.8. The van der Waals surface area contributed by atoms with Gasteiger partial charge in [0.1, 0.15) is 17.1 Å². The predicted molar refractivity (Wildman–Crippen MR) is 80.1 cm³/mol. The van der Waals surface area contributed by atoms with E-state index in [9.17, 15) is 0 Å². The lowest BCUT2D eigenvalue weighted by atomic mass is 9.69. The highest BCUT2D eigenvalue weighted by atomic mass is 16.5. The molecule has 0 amide bonds. The molecule has 1 spiro atoms. The van der Waals surface area contributed by atoms with Crippen LogP contribution in [-0.2, 0) is 0 Å². The molecule has 3 atom stereocenters. The topological polar surface area (TPSA) is 44.5 Å². The number of nitrogens with two attached hydrogens (primary N) is 1. The molecule has 1 aliphatic carbocycles. The maximum Gasteiger partial charge on any atom is 0.125 e. The number of benzene rings is 1. The highest BCUT2D eigenvalue weighted by Gasteiger charge is 2.46. The summed E-state index contributed by atoms with van der Waals surface area (Å²) in [4.78, 5) is 0. The van der Waals surface area contributed by atoms with Crippen molar-refractivity contribution in [1.29, 1.82) is 0 Å². The second kappa shape index (κ2) is 5.28. The largest absolute Gasteiger partial charge is 0.497 e. The highest BCUT2D eigenvalue weighted by Crippen LogP contribution is 2.49. The van der Waals surface area contributed by atoms with Gasteiger partial charge in [-0.05, 0) is 49.8 Å². The summed E-state index contributed by atoms with van der Waals surface area (Å²) in [7, 11) is 1.69. The fourth-order valence-electron chi connectivity index (χ4n) is 4.04. The number of methoxy groups -OCH3 is 1. The minimum atomic E-state index is -0.0337. The van der Waals surface area contributed by atoms with Gasteiger partial charge in [0.15, 0.2) is 0 Å². The molecule has 1 aromatic carbocycles. The molecule has 3 heteroatoms. The molecule has 0 radical (unpaired) electrons. The summed E-state index contributed by atoms with van der Waals surface area (Å²) in [5.41, 5.74) is 7.52. The van der Waals surface area contributed by atoms with E-state index in [1.165, 1.54) is 25.7 Å². The van der Waals surface area contributed by atoms with Gasteiger partial charge in [0.2, 0.25) is 0 Å². The van der Waals surface area contributed by atoms with Crippen LogP contribution in [0.5, 0.6) is 11.5 Å². The number of hydrogen-bond donors (Lipinski definition) is 1. The minimum Gasteiger partial charge on any atom is -0.497 e. The number of fused-ring (bicyclic) bond motifs is 1. The SMILES string of the molecule is CCC1CCCCC12C[C@H](N)c1cc(OC)ccc1O2. The van der Waals surface area contributed by atoms with E-state index in [0.717, 1.165) is 29.9 Å². The van der Waals surface area contributed by atoms with Gasteiger partial charge in [0.25, 0.3) is 0 Å². The Labute approximate surface area is 121 Å². The van der Waals surface area contributed by atoms with Crippen molar-refractivity contribution in [3.8, 4) is 11.5 Å². The molecule has 1 saturated carbocycles. The van der Waals surface area contributed by atoms with Crippen molar-refractivity contribution in [3.05, 3.63) is 23.8 Å². The number of hydrogen-bond acceptors (Lipinski definition) is 3. The van der Waals surface area contributed by atoms with Crippen molar-refractivity contribution in [2.75, 3.05) is 7.11 Å². The quantitative estimate of drug-likeness (QED) is 0.892. The van der Waals surface area contributed by atoms with Crippen molar-refractivity contribution >= 4 is 0 Å². The summed E-state index contributed by atoms with van der Waals surface area (Å²) in [6.07, 6.45) is 7.12. The van der Waals surface area contributed by atoms with Gasteiger partial charge in [-0.25, -0.2) is 0 Å². The molecule has 1 aromatic rings. The molecule has 0 saturated heterocycles. The fraction of sp³-hybridized carbons (Fsp3) is 0.647. The summed E-state index contributed by atoms with van der Waals surface area (Å²) >= 11 is 0. The Hall–Kier alpha value is -1.22. The van der Waals surface area contributed by atoms with E-state index < -0.39 is 0 Å². The van der Waals surface area contributed by atoms with Crippen LogP contribution in [0.15, 0.2) is 18.2 Å².